The predicted octanol–water partition coefficient (Wildman–Crippen LogP) is 3.01. The molecule has 1 amide bonds. The molecule has 1 saturated heterocycles. The van der Waals surface area contributed by atoms with Crippen molar-refractivity contribution in [3.05, 3.63) is 41.5 Å². The molecule has 1 aliphatic rings. The van der Waals surface area contributed by atoms with Crippen molar-refractivity contribution in [1.29, 1.82) is 0 Å². The second kappa shape index (κ2) is 6.76. The van der Waals surface area contributed by atoms with Gasteiger partial charge in [-0.2, -0.15) is 13.2 Å². The Hall–Kier alpha value is -1.82. The minimum atomic E-state index is -4.35. The number of amides is 1. The number of ether oxygens (including phenoxy) is 1. The van der Waals surface area contributed by atoms with E-state index < -0.39 is 11.7 Å². The van der Waals surface area contributed by atoms with E-state index >= 15 is 0 Å². The molecule has 1 unspecified atom stereocenters. The van der Waals surface area contributed by atoms with Gasteiger partial charge in [0.2, 0.25) is 5.91 Å². The SMILES string of the molecule is O=C(/C=C/c1ccc(C(F)(F)F)cc1)NCC1CCCO1. The minimum absolute atomic E-state index is 0.0634. The number of halogens is 3. The van der Waals surface area contributed by atoms with Crippen LogP contribution in [0.15, 0.2) is 30.3 Å². The van der Waals surface area contributed by atoms with Gasteiger partial charge in [-0.25, -0.2) is 0 Å². The van der Waals surface area contributed by atoms with Gasteiger partial charge in [-0.1, -0.05) is 12.1 Å². The Labute approximate surface area is 120 Å². The first kappa shape index (κ1) is 15.6. The lowest BCUT2D eigenvalue weighted by molar-refractivity contribution is -0.137. The molecule has 1 N–H and O–H groups in total. The van der Waals surface area contributed by atoms with Gasteiger partial charge in [-0.15, -0.1) is 0 Å². The van der Waals surface area contributed by atoms with Gasteiger partial charge in [-0.05, 0) is 36.6 Å². The van der Waals surface area contributed by atoms with Crippen molar-refractivity contribution in [3.8, 4) is 0 Å². The third-order valence-corrected chi connectivity index (χ3v) is 3.19. The summed E-state index contributed by atoms with van der Waals surface area (Å²) in [6.07, 6.45) is 0.433. The van der Waals surface area contributed by atoms with Gasteiger partial charge < -0.3 is 10.1 Å². The number of alkyl halides is 3. The van der Waals surface area contributed by atoms with E-state index in [2.05, 4.69) is 5.32 Å². The summed E-state index contributed by atoms with van der Waals surface area (Å²) in [5.41, 5.74) is -0.169. The second-order valence-corrected chi connectivity index (χ2v) is 4.83. The van der Waals surface area contributed by atoms with Crippen LogP contribution in [0.4, 0.5) is 13.2 Å². The normalized spacial score (nSPS) is 19.1. The Morgan fingerprint density at radius 3 is 2.62 bits per heavy atom. The van der Waals surface area contributed by atoms with Crippen molar-refractivity contribution in [2.24, 2.45) is 0 Å². The lowest BCUT2D eigenvalue weighted by Crippen LogP contribution is -2.30. The summed E-state index contributed by atoms with van der Waals surface area (Å²) < 4.78 is 42.5. The topological polar surface area (TPSA) is 38.3 Å². The molecule has 1 fully saturated rings. The molecule has 3 nitrogen and oxygen atoms in total. The molecule has 1 aromatic rings. The molecule has 1 aromatic carbocycles. The van der Waals surface area contributed by atoms with Crippen molar-refractivity contribution in [2.75, 3.05) is 13.2 Å². The molecule has 1 aliphatic heterocycles. The van der Waals surface area contributed by atoms with Gasteiger partial charge in [0.25, 0.3) is 0 Å². The second-order valence-electron chi connectivity index (χ2n) is 4.83. The van der Waals surface area contributed by atoms with Crippen LogP contribution in [0.1, 0.15) is 24.0 Å². The summed E-state index contributed by atoms with van der Waals surface area (Å²) in [6, 6.07) is 4.63. The zero-order chi connectivity index (χ0) is 15.3. The Balaban J connectivity index is 1.83. The van der Waals surface area contributed by atoms with E-state index in [4.69, 9.17) is 4.74 Å². The van der Waals surface area contributed by atoms with Crippen LogP contribution >= 0.6 is 0 Å². The molecule has 1 heterocycles. The maximum atomic E-state index is 12.4. The maximum Gasteiger partial charge on any atom is 0.416 e. The lowest BCUT2D eigenvalue weighted by Gasteiger charge is -2.09. The van der Waals surface area contributed by atoms with Gasteiger partial charge in [0.15, 0.2) is 0 Å². The molecule has 0 saturated carbocycles. The molecule has 21 heavy (non-hydrogen) atoms. The van der Waals surface area contributed by atoms with Crippen molar-refractivity contribution < 1.29 is 22.7 Å². The first-order valence-corrected chi connectivity index (χ1v) is 6.70. The van der Waals surface area contributed by atoms with Crippen LogP contribution in [0.2, 0.25) is 0 Å². The van der Waals surface area contributed by atoms with E-state index in [1.807, 2.05) is 0 Å². The third-order valence-electron chi connectivity index (χ3n) is 3.19. The Bertz CT molecular complexity index is 503. The quantitative estimate of drug-likeness (QED) is 0.868. The van der Waals surface area contributed by atoms with E-state index in [9.17, 15) is 18.0 Å². The maximum absolute atomic E-state index is 12.4. The van der Waals surface area contributed by atoms with E-state index in [1.54, 1.807) is 0 Å². The Morgan fingerprint density at radius 2 is 2.05 bits per heavy atom. The fraction of sp³-hybridized carbons (Fsp3) is 0.400. The first-order valence-electron chi connectivity index (χ1n) is 6.70. The van der Waals surface area contributed by atoms with Crippen LogP contribution in [0, 0.1) is 0 Å². The zero-order valence-corrected chi connectivity index (χ0v) is 11.3. The molecule has 0 aliphatic carbocycles. The number of nitrogens with one attached hydrogen (secondary N) is 1. The first-order chi connectivity index (χ1) is 9.95. The molecular formula is C15H16F3NO2. The van der Waals surface area contributed by atoms with Crippen molar-refractivity contribution in [2.45, 2.75) is 25.1 Å². The summed E-state index contributed by atoms with van der Waals surface area (Å²) in [4.78, 5) is 11.6. The Morgan fingerprint density at radius 1 is 1.33 bits per heavy atom. The zero-order valence-electron chi connectivity index (χ0n) is 11.3. The Kier molecular flexibility index (Phi) is 5.01. The van der Waals surface area contributed by atoms with Crippen LogP contribution in [-0.4, -0.2) is 25.2 Å². The average molecular weight is 299 g/mol. The number of benzene rings is 1. The lowest BCUT2D eigenvalue weighted by atomic mass is 10.1. The van der Waals surface area contributed by atoms with Gasteiger partial charge in [0.05, 0.1) is 11.7 Å². The molecule has 114 valence electrons. The standard InChI is InChI=1S/C15H16F3NO2/c16-15(17,18)12-6-3-11(4-7-12)5-8-14(20)19-10-13-2-1-9-21-13/h3-8,13H,1-2,9-10H2,(H,19,20)/b8-5+. The molecular weight excluding hydrogens is 283 g/mol. The molecule has 0 radical (unpaired) electrons. The van der Waals surface area contributed by atoms with Crippen molar-refractivity contribution >= 4 is 12.0 Å². The van der Waals surface area contributed by atoms with E-state index in [0.29, 0.717) is 12.1 Å². The van der Waals surface area contributed by atoms with Crippen LogP contribution in [0.5, 0.6) is 0 Å². The fourth-order valence-corrected chi connectivity index (χ4v) is 2.03. The van der Waals surface area contributed by atoms with Crippen LogP contribution in [-0.2, 0) is 15.7 Å². The largest absolute Gasteiger partial charge is 0.416 e. The van der Waals surface area contributed by atoms with Crippen LogP contribution < -0.4 is 5.32 Å². The van der Waals surface area contributed by atoms with Gasteiger partial charge >= 0.3 is 6.18 Å². The molecule has 2 rings (SSSR count). The molecule has 0 bridgehead atoms. The van der Waals surface area contributed by atoms with Crippen LogP contribution in [0.3, 0.4) is 0 Å². The van der Waals surface area contributed by atoms with E-state index in [1.165, 1.54) is 24.3 Å². The highest BCUT2D eigenvalue weighted by Crippen LogP contribution is 2.29. The molecule has 1 atom stereocenters. The third kappa shape index (κ3) is 4.90. The number of hydrogen-bond acceptors (Lipinski definition) is 2. The summed E-state index contributed by atoms with van der Waals surface area (Å²) in [5.74, 6) is -0.287. The van der Waals surface area contributed by atoms with E-state index in [-0.39, 0.29) is 12.0 Å². The van der Waals surface area contributed by atoms with Gasteiger partial charge in [-0.3, -0.25) is 4.79 Å². The number of carbonyl (C=O) groups excluding carboxylic acids is 1. The molecule has 0 aromatic heterocycles. The number of rotatable bonds is 4. The monoisotopic (exact) mass is 299 g/mol. The smallest absolute Gasteiger partial charge is 0.376 e. The molecule has 6 heteroatoms. The molecule has 0 spiro atoms. The van der Waals surface area contributed by atoms with Crippen LogP contribution in [0.25, 0.3) is 6.08 Å². The highest BCUT2D eigenvalue weighted by atomic mass is 19.4. The van der Waals surface area contributed by atoms with Gasteiger partial charge in [0.1, 0.15) is 0 Å². The summed E-state index contributed by atoms with van der Waals surface area (Å²) in [6.45, 7) is 1.18. The predicted molar refractivity (Wildman–Crippen MR) is 72.5 cm³/mol. The highest BCUT2D eigenvalue weighted by Gasteiger charge is 2.29. The summed E-state index contributed by atoms with van der Waals surface area (Å²) in [5, 5.41) is 2.70. The number of hydrogen-bond donors (Lipinski definition) is 1. The fourth-order valence-electron chi connectivity index (χ4n) is 2.03. The highest BCUT2D eigenvalue weighted by molar-refractivity contribution is 5.91. The average Bonchev–Trinajstić information content (AvgIpc) is 2.95. The number of carbonyl (C=O) groups is 1. The van der Waals surface area contributed by atoms with Crippen molar-refractivity contribution in [1.82, 2.24) is 5.32 Å². The van der Waals surface area contributed by atoms with E-state index in [0.717, 1.165) is 31.6 Å². The summed E-state index contributed by atoms with van der Waals surface area (Å²) in [7, 11) is 0. The summed E-state index contributed by atoms with van der Waals surface area (Å²) >= 11 is 0. The minimum Gasteiger partial charge on any atom is -0.376 e. The van der Waals surface area contributed by atoms with Crippen molar-refractivity contribution in [3.63, 3.8) is 0 Å². The van der Waals surface area contributed by atoms with Gasteiger partial charge in [0, 0.05) is 19.2 Å².